The van der Waals surface area contributed by atoms with Gasteiger partial charge in [0.1, 0.15) is 0 Å². The smallest absolute Gasteiger partial charge is 0.151 e. The second-order valence-corrected chi connectivity index (χ2v) is 5.09. The van der Waals surface area contributed by atoms with E-state index in [1.165, 1.54) is 0 Å². The first-order chi connectivity index (χ1) is 8.70. The van der Waals surface area contributed by atoms with Gasteiger partial charge in [0.15, 0.2) is 5.82 Å². The van der Waals surface area contributed by atoms with E-state index in [1.54, 1.807) is 0 Å². The Labute approximate surface area is 109 Å². The van der Waals surface area contributed by atoms with Crippen LogP contribution in [0.1, 0.15) is 25.5 Å². The minimum atomic E-state index is 0.438. The molecule has 1 saturated heterocycles. The van der Waals surface area contributed by atoms with E-state index in [0.717, 1.165) is 50.8 Å². The number of nitrogens with two attached hydrogens (primary N) is 1. The Kier molecular flexibility index (Phi) is 4.49. The van der Waals surface area contributed by atoms with Gasteiger partial charge in [-0.1, -0.05) is 13.8 Å². The monoisotopic (exact) mass is 249 g/mol. The molecule has 1 aliphatic rings. The third-order valence-electron chi connectivity index (χ3n) is 3.40. The Morgan fingerprint density at radius 3 is 2.39 bits per heavy atom. The molecule has 0 atom stereocenters. The first kappa shape index (κ1) is 13.2. The standard InChI is InChI=1S/C13H23N5/c1-11(2)12-3-4-13(16-15-12)18-9-7-17(6-5-14)8-10-18/h3-4,11H,5-10,14H2,1-2H3. The van der Waals surface area contributed by atoms with Gasteiger partial charge in [-0.3, -0.25) is 4.90 Å². The van der Waals surface area contributed by atoms with Crippen LogP contribution in [-0.4, -0.2) is 54.4 Å². The van der Waals surface area contributed by atoms with E-state index in [-0.39, 0.29) is 0 Å². The van der Waals surface area contributed by atoms with Crippen LogP contribution in [0.15, 0.2) is 12.1 Å². The van der Waals surface area contributed by atoms with Gasteiger partial charge in [0.05, 0.1) is 5.69 Å². The van der Waals surface area contributed by atoms with Crippen molar-refractivity contribution >= 4 is 5.82 Å². The van der Waals surface area contributed by atoms with Gasteiger partial charge in [-0.25, -0.2) is 0 Å². The molecule has 2 rings (SSSR count). The van der Waals surface area contributed by atoms with Crippen molar-refractivity contribution in [3.63, 3.8) is 0 Å². The molecule has 1 aromatic heterocycles. The zero-order chi connectivity index (χ0) is 13.0. The lowest BCUT2D eigenvalue weighted by Gasteiger charge is -2.34. The van der Waals surface area contributed by atoms with E-state index < -0.39 is 0 Å². The van der Waals surface area contributed by atoms with Crippen LogP contribution in [0.5, 0.6) is 0 Å². The summed E-state index contributed by atoms with van der Waals surface area (Å²) in [7, 11) is 0. The molecule has 0 radical (unpaired) electrons. The minimum Gasteiger partial charge on any atom is -0.353 e. The summed E-state index contributed by atoms with van der Waals surface area (Å²) in [6.07, 6.45) is 0. The number of rotatable bonds is 4. The fourth-order valence-electron chi connectivity index (χ4n) is 2.20. The predicted molar refractivity (Wildman–Crippen MR) is 73.8 cm³/mol. The summed E-state index contributed by atoms with van der Waals surface area (Å²) >= 11 is 0. The number of anilines is 1. The van der Waals surface area contributed by atoms with Gasteiger partial charge < -0.3 is 10.6 Å². The van der Waals surface area contributed by atoms with Crippen LogP contribution in [-0.2, 0) is 0 Å². The fourth-order valence-corrected chi connectivity index (χ4v) is 2.20. The van der Waals surface area contributed by atoms with Gasteiger partial charge in [0.25, 0.3) is 0 Å². The van der Waals surface area contributed by atoms with Gasteiger partial charge in [-0.15, -0.1) is 5.10 Å². The highest BCUT2D eigenvalue weighted by molar-refractivity contribution is 5.38. The zero-order valence-corrected chi connectivity index (χ0v) is 11.3. The number of hydrogen-bond acceptors (Lipinski definition) is 5. The predicted octanol–water partition coefficient (Wildman–Crippen LogP) is 0.681. The largest absolute Gasteiger partial charge is 0.353 e. The van der Waals surface area contributed by atoms with E-state index in [9.17, 15) is 0 Å². The second kappa shape index (κ2) is 6.11. The molecule has 0 amide bonds. The topological polar surface area (TPSA) is 58.3 Å². The number of aromatic nitrogens is 2. The lowest BCUT2D eigenvalue weighted by Crippen LogP contribution is -2.48. The number of nitrogens with zero attached hydrogens (tertiary/aromatic N) is 4. The normalized spacial score (nSPS) is 17.4. The SMILES string of the molecule is CC(C)c1ccc(N2CCN(CCN)CC2)nn1. The lowest BCUT2D eigenvalue weighted by molar-refractivity contribution is 0.264. The molecule has 100 valence electrons. The third kappa shape index (κ3) is 3.17. The van der Waals surface area contributed by atoms with Crippen molar-refractivity contribution in [3.8, 4) is 0 Å². The maximum absolute atomic E-state index is 5.57. The molecule has 1 fully saturated rings. The van der Waals surface area contributed by atoms with Crippen LogP contribution in [0.4, 0.5) is 5.82 Å². The van der Waals surface area contributed by atoms with Crippen LogP contribution < -0.4 is 10.6 Å². The highest BCUT2D eigenvalue weighted by Gasteiger charge is 2.17. The van der Waals surface area contributed by atoms with Crippen LogP contribution in [0.25, 0.3) is 0 Å². The van der Waals surface area contributed by atoms with Crippen molar-refractivity contribution in [1.82, 2.24) is 15.1 Å². The molecule has 0 saturated carbocycles. The van der Waals surface area contributed by atoms with Gasteiger partial charge in [-0.2, -0.15) is 5.10 Å². The minimum absolute atomic E-state index is 0.438. The highest BCUT2D eigenvalue weighted by Crippen LogP contribution is 2.15. The van der Waals surface area contributed by atoms with E-state index in [2.05, 4.69) is 46.0 Å². The van der Waals surface area contributed by atoms with Gasteiger partial charge in [0.2, 0.25) is 0 Å². The Hall–Kier alpha value is -1.20. The molecule has 0 bridgehead atoms. The van der Waals surface area contributed by atoms with E-state index >= 15 is 0 Å². The van der Waals surface area contributed by atoms with Crippen molar-refractivity contribution < 1.29 is 0 Å². The molecule has 2 N–H and O–H groups in total. The molecular formula is C13H23N5. The summed E-state index contributed by atoms with van der Waals surface area (Å²) in [5.74, 6) is 1.43. The summed E-state index contributed by atoms with van der Waals surface area (Å²) < 4.78 is 0. The Balaban J connectivity index is 1.93. The van der Waals surface area contributed by atoms with E-state index in [4.69, 9.17) is 5.73 Å². The Bertz CT molecular complexity index is 354. The number of piperazine rings is 1. The van der Waals surface area contributed by atoms with E-state index in [1.807, 2.05) is 0 Å². The lowest BCUT2D eigenvalue weighted by atomic mass is 10.1. The molecule has 0 aliphatic carbocycles. The maximum atomic E-state index is 5.57. The van der Waals surface area contributed by atoms with E-state index in [0.29, 0.717) is 5.92 Å². The molecule has 5 nitrogen and oxygen atoms in total. The van der Waals surface area contributed by atoms with Crippen LogP contribution >= 0.6 is 0 Å². The summed E-state index contributed by atoms with van der Waals surface area (Å²) in [4.78, 5) is 4.69. The first-order valence-electron chi connectivity index (χ1n) is 6.71. The fraction of sp³-hybridized carbons (Fsp3) is 0.692. The van der Waals surface area contributed by atoms with Crippen molar-refractivity contribution in [2.24, 2.45) is 5.73 Å². The summed E-state index contributed by atoms with van der Waals surface area (Å²) in [6, 6.07) is 4.17. The Morgan fingerprint density at radius 2 is 1.89 bits per heavy atom. The van der Waals surface area contributed by atoms with Crippen molar-refractivity contribution in [2.45, 2.75) is 19.8 Å². The maximum Gasteiger partial charge on any atom is 0.151 e. The van der Waals surface area contributed by atoms with Crippen LogP contribution in [0, 0.1) is 0 Å². The molecule has 0 spiro atoms. The molecule has 2 heterocycles. The third-order valence-corrected chi connectivity index (χ3v) is 3.40. The van der Waals surface area contributed by atoms with Crippen molar-refractivity contribution in [1.29, 1.82) is 0 Å². The van der Waals surface area contributed by atoms with Gasteiger partial charge in [0, 0.05) is 39.3 Å². The van der Waals surface area contributed by atoms with Gasteiger partial charge in [-0.05, 0) is 18.1 Å². The molecule has 1 aromatic rings. The molecule has 1 aliphatic heterocycles. The average Bonchev–Trinajstić information content (AvgIpc) is 2.40. The zero-order valence-electron chi connectivity index (χ0n) is 11.3. The molecule has 5 heteroatoms. The second-order valence-electron chi connectivity index (χ2n) is 5.09. The van der Waals surface area contributed by atoms with Gasteiger partial charge >= 0.3 is 0 Å². The first-order valence-corrected chi connectivity index (χ1v) is 6.71. The summed E-state index contributed by atoms with van der Waals surface area (Å²) in [6.45, 7) is 10.1. The van der Waals surface area contributed by atoms with Crippen LogP contribution in [0.3, 0.4) is 0 Å². The molecule has 0 aromatic carbocycles. The quantitative estimate of drug-likeness (QED) is 0.850. The molecular weight excluding hydrogens is 226 g/mol. The molecule has 0 unspecified atom stereocenters. The Morgan fingerprint density at radius 1 is 1.17 bits per heavy atom. The van der Waals surface area contributed by atoms with Crippen LogP contribution in [0.2, 0.25) is 0 Å². The van der Waals surface area contributed by atoms with Crippen molar-refractivity contribution in [2.75, 3.05) is 44.2 Å². The summed E-state index contributed by atoms with van der Waals surface area (Å²) in [5.41, 5.74) is 6.63. The number of hydrogen-bond donors (Lipinski definition) is 1. The highest BCUT2D eigenvalue weighted by atomic mass is 15.3. The molecule has 18 heavy (non-hydrogen) atoms. The summed E-state index contributed by atoms with van der Waals surface area (Å²) in [5, 5.41) is 8.61. The van der Waals surface area contributed by atoms with Crippen molar-refractivity contribution in [3.05, 3.63) is 17.8 Å². The average molecular weight is 249 g/mol.